The van der Waals surface area contributed by atoms with Crippen molar-refractivity contribution in [2.45, 2.75) is 65.8 Å². The third-order valence-electron chi connectivity index (χ3n) is 5.59. The van der Waals surface area contributed by atoms with E-state index in [0.29, 0.717) is 12.0 Å². The number of ether oxygens (including phenoxy) is 3. The number of nitrogens with zero attached hydrogens (tertiary/aromatic N) is 4. The quantitative estimate of drug-likeness (QED) is 0.158. The zero-order valence-corrected chi connectivity index (χ0v) is 26.3. The molecule has 1 saturated heterocycles. The molecule has 0 spiro atoms. The van der Waals surface area contributed by atoms with Gasteiger partial charge in [0.1, 0.15) is 17.8 Å². The number of aliphatic imine (C=N–C) groups is 1. The van der Waals surface area contributed by atoms with E-state index < -0.39 is 41.8 Å². The van der Waals surface area contributed by atoms with Crippen molar-refractivity contribution < 1.29 is 33.4 Å². The Morgan fingerprint density at radius 3 is 2.05 bits per heavy atom. The van der Waals surface area contributed by atoms with E-state index in [-0.39, 0.29) is 25.7 Å². The Hall–Kier alpha value is -3.93. The number of hydrazine groups is 1. The van der Waals surface area contributed by atoms with Gasteiger partial charge in [-0.2, -0.15) is 0 Å². The molecule has 0 atom stereocenters. The molecule has 0 unspecified atom stereocenters. The van der Waals surface area contributed by atoms with Gasteiger partial charge in [-0.05, 0) is 65.7 Å². The van der Waals surface area contributed by atoms with Crippen LogP contribution in [0.25, 0.3) is 0 Å². The maximum atomic E-state index is 13.6. The van der Waals surface area contributed by atoms with Gasteiger partial charge in [0.15, 0.2) is 5.78 Å². The summed E-state index contributed by atoms with van der Waals surface area (Å²) in [5.41, 5.74) is -0.722. The Morgan fingerprint density at radius 1 is 0.857 bits per heavy atom. The van der Waals surface area contributed by atoms with Crippen molar-refractivity contribution in [3.05, 3.63) is 70.2 Å². The average Bonchev–Trinajstić information content (AvgIpc) is 3.38. The van der Waals surface area contributed by atoms with Crippen LogP contribution < -0.4 is 0 Å². The van der Waals surface area contributed by atoms with Crippen molar-refractivity contribution in [3.63, 3.8) is 0 Å². The molecule has 0 aliphatic carbocycles. The van der Waals surface area contributed by atoms with Crippen LogP contribution in [0.3, 0.4) is 0 Å². The van der Waals surface area contributed by atoms with Crippen LogP contribution in [0, 0.1) is 0 Å². The summed E-state index contributed by atoms with van der Waals surface area (Å²) in [7, 11) is 0. The summed E-state index contributed by atoms with van der Waals surface area (Å²) >= 11 is 3.35. The maximum Gasteiger partial charge on any atom is 0.437 e. The number of rotatable bonds is 5. The monoisotopic (exact) mass is 644 g/mol. The van der Waals surface area contributed by atoms with E-state index in [2.05, 4.69) is 20.9 Å². The lowest BCUT2D eigenvalue weighted by Gasteiger charge is -2.35. The Bertz CT molecular complexity index is 1300. The Morgan fingerprint density at radius 2 is 1.45 bits per heavy atom. The lowest BCUT2D eigenvalue weighted by molar-refractivity contribution is 0.0219. The molecule has 3 amide bonds. The maximum absolute atomic E-state index is 13.6. The zero-order valence-electron chi connectivity index (χ0n) is 24.8. The first-order chi connectivity index (χ1) is 19.6. The molecule has 1 fully saturated rings. The third kappa shape index (κ3) is 9.86. The highest BCUT2D eigenvalue weighted by Crippen LogP contribution is 2.21. The lowest BCUT2D eigenvalue weighted by atomic mass is 10.1. The van der Waals surface area contributed by atoms with Gasteiger partial charge in [0.25, 0.3) is 0 Å². The second-order valence-corrected chi connectivity index (χ2v) is 12.4. The minimum Gasteiger partial charge on any atom is -0.443 e. The first-order valence-electron chi connectivity index (χ1n) is 13.5. The normalized spacial score (nSPS) is 13.9. The van der Waals surface area contributed by atoms with Crippen LogP contribution in [-0.2, 0) is 20.8 Å². The zero-order chi connectivity index (χ0) is 31.1. The number of halogens is 1. The Balaban J connectivity index is 2.01. The van der Waals surface area contributed by atoms with Crippen LogP contribution in [-0.4, -0.2) is 75.8 Å². The summed E-state index contributed by atoms with van der Waals surface area (Å²) in [6, 6.07) is 15.8. The molecule has 226 valence electrons. The highest BCUT2D eigenvalue weighted by molar-refractivity contribution is 9.10. The molecule has 1 aliphatic heterocycles. The molecule has 0 bridgehead atoms. The SMILES string of the molecule is CC(C)(C)OC(=O)/N=C(\N(CC(=O)c1ccc(Br)cc1)C(=O)OC(C)(C)C)N1CCCN1C(=O)OCc1ccccc1. The van der Waals surface area contributed by atoms with E-state index in [4.69, 9.17) is 14.2 Å². The summed E-state index contributed by atoms with van der Waals surface area (Å²) in [6.45, 7) is 9.96. The fourth-order valence-corrected chi connectivity index (χ4v) is 4.10. The fourth-order valence-electron chi connectivity index (χ4n) is 3.83. The highest BCUT2D eigenvalue weighted by atomic mass is 79.9. The molecule has 12 heteroatoms. The minimum absolute atomic E-state index is 0.0143. The summed E-state index contributed by atoms with van der Waals surface area (Å²) in [4.78, 5) is 58.2. The molecule has 3 rings (SSSR count). The van der Waals surface area contributed by atoms with E-state index in [0.717, 1.165) is 14.9 Å². The van der Waals surface area contributed by atoms with Crippen LogP contribution in [0.2, 0.25) is 0 Å². The third-order valence-corrected chi connectivity index (χ3v) is 6.11. The number of hydrogen-bond donors (Lipinski definition) is 0. The van der Waals surface area contributed by atoms with Gasteiger partial charge in [0.05, 0.1) is 6.54 Å². The van der Waals surface area contributed by atoms with Gasteiger partial charge in [-0.25, -0.2) is 29.3 Å². The summed E-state index contributed by atoms with van der Waals surface area (Å²) in [5.74, 6) is -0.735. The van der Waals surface area contributed by atoms with Crippen molar-refractivity contribution in [1.82, 2.24) is 14.9 Å². The summed E-state index contributed by atoms with van der Waals surface area (Å²) in [6.07, 6.45) is -2.17. The van der Waals surface area contributed by atoms with Crippen LogP contribution in [0.1, 0.15) is 63.9 Å². The average molecular weight is 646 g/mol. The van der Waals surface area contributed by atoms with Gasteiger partial charge in [-0.3, -0.25) is 4.79 Å². The fraction of sp³-hybridized carbons (Fsp3) is 0.433. The van der Waals surface area contributed by atoms with E-state index in [1.165, 1.54) is 10.0 Å². The van der Waals surface area contributed by atoms with Gasteiger partial charge in [-0.15, -0.1) is 4.99 Å². The lowest BCUT2D eigenvalue weighted by Crippen LogP contribution is -2.55. The van der Waals surface area contributed by atoms with Crippen molar-refractivity contribution in [3.8, 4) is 0 Å². The summed E-state index contributed by atoms with van der Waals surface area (Å²) in [5, 5.41) is 2.59. The Kier molecular flexibility index (Phi) is 10.7. The van der Waals surface area contributed by atoms with Gasteiger partial charge >= 0.3 is 18.3 Å². The minimum atomic E-state index is -1.01. The van der Waals surface area contributed by atoms with Crippen molar-refractivity contribution >= 4 is 46.0 Å². The van der Waals surface area contributed by atoms with Crippen LogP contribution >= 0.6 is 15.9 Å². The van der Waals surface area contributed by atoms with E-state index in [9.17, 15) is 19.2 Å². The number of Topliss-reactive ketones (excluding diaryl/α,β-unsaturated/α-hetero) is 1. The van der Waals surface area contributed by atoms with Crippen LogP contribution in [0.4, 0.5) is 14.4 Å². The predicted molar refractivity (Wildman–Crippen MR) is 160 cm³/mol. The molecular weight excluding hydrogens is 608 g/mol. The van der Waals surface area contributed by atoms with Crippen LogP contribution in [0.15, 0.2) is 64.1 Å². The van der Waals surface area contributed by atoms with Crippen LogP contribution in [0.5, 0.6) is 0 Å². The predicted octanol–water partition coefficient (Wildman–Crippen LogP) is 6.42. The standard InChI is InChI=1S/C30H37BrN4O7/c1-29(2,3)41-26(37)32-25(34-17-10-18-35(34)28(39)40-20-21-11-8-7-9-12-21)33(27(38)42-30(4,5)6)19-24(36)22-13-15-23(31)16-14-22/h7-9,11-16H,10,17-20H2,1-6H3/b32-25+. The molecule has 2 aromatic carbocycles. The van der Waals surface area contributed by atoms with Crippen molar-refractivity contribution in [1.29, 1.82) is 0 Å². The second-order valence-electron chi connectivity index (χ2n) is 11.5. The van der Waals surface area contributed by atoms with E-state index >= 15 is 0 Å². The Labute approximate surface area is 254 Å². The number of carbonyl (C=O) groups excluding carboxylic acids is 4. The topological polar surface area (TPSA) is 118 Å². The second kappa shape index (κ2) is 13.8. The molecule has 2 aromatic rings. The molecule has 11 nitrogen and oxygen atoms in total. The molecule has 0 aromatic heterocycles. The number of carbonyl (C=O) groups is 4. The summed E-state index contributed by atoms with van der Waals surface area (Å²) < 4.78 is 17.3. The molecule has 1 heterocycles. The highest BCUT2D eigenvalue weighted by Gasteiger charge is 2.39. The molecular formula is C30H37BrN4O7. The smallest absolute Gasteiger partial charge is 0.437 e. The molecule has 0 N–H and O–H groups in total. The number of amides is 3. The molecule has 0 saturated carbocycles. The van der Waals surface area contributed by atoms with E-state index in [1.807, 2.05) is 30.3 Å². The molecule has 42 heavy (non-hydrogen) atoms. The molecule has 1 aliphatic rings. The van der Waals surface area contributed by atoms with Gasteiger partial charge < -0.3 is 14.2 Å². The molecule has 0 radical (unpaired) electrons. The number of hydrogen-bond acceptors (Lipinski definition) is 7. The van der Waals surface area contributed by atoms with Gasteiger partial charge in [0, 0.05) is 23.1 Å². The van der Waals surface area contributed by atoms with Gasteiger partial charge in [0.2, 0.25) is 5.96 Å². The first kappa shape index (κ1) is 32.6. The largest absolute Gasteiger partial charge is 0.443 e. The number of ketones is 1. The van der Waals surface area contributed by atoms with Crippen molar-refractivity contribution in [2.75, 3.05) is 19.6 Å². The van der Waals surface area contributed by atoms with Crippen molar-refractivity contribution in [2.24, 2.45) is 4.99 Å². The number of benzene rings is 2. The first-order valence-corrected chi connectivity index (χ1v) is 14.3. The van der Waals surface area contributed by atoms with E-state index in [1.54, 1.807) is 65.8 Å². The number of guanidine groups is 1. The van der Waals surface area contributed by atoms with Gasteiger partial charge in [-0.1, -0.05) is 58.4 Å².